The zero-order chi connectivity index (χ0) is 10.4. The summed E-state index contributed by atoms with van der Waals surface area (Å²) in [6.45, 7) is 0.191. The van der Waals surface area contributed by atoms with Gasteiger partial charge in [0.2, 0.25) is 0 Å². The smallest absolute Gasteiger partial charge is 0.319 e. The molecule has 3 N–H and O–H groups in total. The van der Waals surface area contributed by atoms with E-state index in [1.807, 2.05) is 12.1 Å². The van der Waals surface area contributed by atoms with E-state index in [1.54, 1.807) is 12.1 Å². The normalized spacial score (nSPS) is 9.57. The van der Waals surface area contributed by atoms with Crippen LogP contribution >= 0.6 is 15.9 Å². The van der Waals surface area contributed by atoms with Crippen LogP contribution in [0.15, 0.2) is 28.7 Å². The van der Waals surface area contributed by atoms with Gasteiger partial charge in [-0.05, 0) is 24.3 Å². The van der Waals surface area contributed by atoms with Gasteiger partial charge in [0, 0.05) is 16.7 Å². The maximum atomic E-state index is 11.1. The van der Waals surface area contributed by atoms with Crippen molar-refractivity contribution in [2.24, 2.45) is 0 Å². The third kappa shape index (κ3) is 3.76. The number of nitrogens with one attached hydrogen (secondary N) is 2. The van der Waals surface area contributed by atoms with Crippen LogP contribution in [-0.2, 0) is 0 Å². The van der Waals surface area contributed by atoms with Gasteiger partial charge in [-0.3, -0.25) is 0 Å². The number of halogens is 1. The number of benzene rings is 1. The second-order valence-electron chi connectivity index (χ2n) is 2.61. The van der Waals surface area contributed by atoms with E-state index in [0.717, 1.165) is 4.47 Å². The van der Waals surface area contributed by atoms with Gasteiger partial charge < -0.3 is 15.7 Å². The van der Waals surface area contributed by atoms with E-state index in [9.17, 15) is 4.79 Å². The van der Waals surface area contributed by atoms with Crippen molar-refractivity contribution in [3.8, 4) is 0 Å². The summed E-state index contributed by atoms with van der Waals surface area (Å²) in [4.78, 5) is 11.1. The third-order valence-corrected chi connectivity index (χ3v) is 2.03. The zero-order valence-corrected chi connectivity index (χ0v) is 9.04. The average Bonchev–Trinajstić information content (AvgIpc) is 2.18. The van der Waals surface area contributed by atoms with E-state index < -0.39 is 0 Å². The molecule has 0 aromatic heterocycles. The fourth-order valence-corrected chi connectivity index (χ4v) is 1.14. The Morgan fingerprint density at radius 1 is 1.36 bits per heavy atom. The van der Waals surface area contributed by atoms with Crippen molar-refractivity contribution in [3.05, 3.63) is 28.7 Å². The monoisotopic (exact) mass is 258 g/mol. The molecule has 14 heavy (non-hydrogen) atoms. The fraction of sp³-hybridized carbons (Fsp3) is 0.222. The van der Waals surface area contributed by atoms with Crippen molar-refractivity contribution in [2.75, 3.05) is 18.5 Å². The van der Waals surface area contributed by atoms with Gasteiger partial charge in [0.05, 0.1) is 6.61 Å². The van der Waals surface area contributed by atoms with Crippen molar-refractivity contribution in [3.63, 3.8) is 0 Å². The number of rotatable bonds is 3. The molecule has 5 heteroatoms. The lowest BCUT2D eigenvalue weighted by molar-refractivity contribution is 0.245. The molecule has 1 aromatic carbocycles. The first kappa shape index (κ1) is 11.0. The lowest BCUT2D eigenvalue weighted by Gasteiger charge is -2.05. The second kappa shape index (κ2) is 5.62. The van der Waals surface area contributed by atoms with E-state index >= 15 is 0 Å². The van der Waals surface area contributed by atoms with Crippen LogP contribution in [-0.4, -0.2) is 24.3 Å². The van der Waals surface area contributed by atoms with Gasteiger partial charge in [0.15, 0.2) is 0 Å². The maximum absolute atomic E-state index is 11.1. The predicted molar refractivity (Wildman–Crippen MR) is 58.2 cm³/mol. The molecule has 0 saturated carbocycles. The number of urea groups is 1. The average molecular weight is 259 g/mol. The van der Waals surface area contributed by atoms with Gasteiger partial charge in [-0.15, -0.1) is 0 Å². The Kier molecular flexibility index (Phi) is 4.42. The summed E-state index contributed by atoms with van der Waals surface area (Å²) < 4.78 is 0.957. The van der Waals surface area contributed by atoms with E-state index in [2.05, 4.69) is 26.6 Å². The Balaban J connectivity index is 2.44. The van der Waals surface area contributed by atoms with Crippen LogP contribution in [0.3, 0.4) is 0 Å². The van der Waals surface area contributed by atoms with E-state index in [4.69, 9.17) is 5.11 Å². The lowest BCUT2D eigenvalue weighted by atomic mass is 10.3. The highest BCUT2D eigenvalue weighted by Gasteiger charge is 1.99. The standard InChI is InChI=1S/C9H11BrN2O2/c10-7-1-3-8(4-2-7)12-9(14)11-5-6-13/h1-4,13H,5-6H2,(H2,11,12,14). The number of carbonyl (C=O) groups is 1. The summed E-state index contributed by atoms with van der Waals surface area (Å²) in [5.41, 5.74) is 0.712. The van der Waals surface area contributed by atoms with Gasteiger partial charge in [-0.25, -0.2) is 4.79 Å². The predicted octanol–water partition coefficient (Wildman–Crippen LogP) is 1.56. The molecule has 0 radical (unpaired) electrons. The minimum absolute atomic E-state index is 0.0617. The Morgan fingerprint density at radius 3 is 2.57 bits per heavy atom. The van der Waals surface area contributed by atoms with Gasteiger partial charge >= 0.3 is 6.03 Å². The molecule has 0 fully saturated rings. The molecular formula is C9H11BrN2O2. The number of aliphatic hydroxyl groups is 1. The Hall–Kier alpha value is -1.07. The van der Waals surface area contributed by atoms with Crippen molar-refractivity contribution in [2.45, 2.75) is 0 Å². The van der Waals surface area contributed by atoms with Crippen molar-refractivity contribution < 1.29 is 9.90 Å². The topological polar surface area (TPSA) is 61.4 Å². The van der Waals surface area contributed by atoms with Crippen LogP contribution in [0.5, 0.6) is 0 Å². The van der Waals surface area contributed by atoms with Crippen LogP contribution in [0.25, 0.3) is 0 Å². The number of carbonyl (C=O) groups excluding carboxylic acids is 1. The number of hydrogen-bond donors (Lipinski definition) is 3. The van der Waals surface area contributed by atoms with Gasteiger partial charge in [-0.1, -0.05) is 15.9 Å². The summed E-state index contributed by atoms with van der Waals surface area (Å²) in [6.07, 6.45) is 0. The summed E-state index contributed by atoms with van der Waals surface area (Å²) in [5.74, 6) is 0. The summed E-state index contributed by atoms with van der Waals surface area (Å²) in [7, 11) is 0. The SMILES string of the molecule is O=C(NCCO)Nc1ccc(Br)cc1. The molecule has 2 amide bonds. The van der Waals surface area contributed by atoms with Crippen LogP contribution < -0.4 is 10.6 Å². The molecule has 4 nitrogen and oxygen atoms in total. The first-order valence-electron chi connectivity index (χ1n) is 4.13. The quantitative estimate of drug-likeness (QED) is 0.771. The second-order valence-corrected chi connectivity index (χ2v) is 3.53. The van der Waals surface area contributed by atoms with Crippen LogP contribution in [0.2, 0.25) is 0 Å². The molecule has 76 valence electrons. The minimum Gasteiger partial charge on any atom is -0.395 e. The van der Waals surface area contributed by atoms with Crippen molar-refractivity contribution in [1.29, 1.82) is 0 Å². The molecule has 0 aliphatic heterocycles. The fourth-order valence-electron chi connectivity index (χ4n) is 0.878. The molecule has 0 saturated heterocycles. The van der Waals surface area contributed by atoms with Crippen LogP contribution in [0.4, 0.5) is 10.5 Å². The zero-order valence-electron chi connectivity index (χ0n) is 7.46. The van der Waals surface area contributed by atoms with E-state index in [-0.39, 0.29) is 19.2 Å². The Bertz CT molecular complexity index is 300. The lowest BCUT2D eigenvalue weighted by Crippen LogP contribution is -2.30. The first-order chi connectivity index (χ1) is 6.72. The largest absolute Gasteiger partial charge is 0.395 e. The molecule has 1 rings (SSSR count). The maximum Gasteiger partial charge on any atom is 0.319 e. The summed E-state index contributed by atoms with van der Waals surface area (Å²) in [5, 5.41) is 13.6. The third-order valence-electron chi connectivity index (χ3n) is 1.50. The number of amides is 2. The summed E-state index contributed by atoms with van der Waals surface area (Å²) in [6, 6.07) is 6.91. The van der Waals surface area contributed by atoms with Gasteiger partial charge in [-0.2, -0.15) is 0 Å². The highest BCUT2D eigenvalue weighted by molar-refractivity contribution is 9.10. The molecule has 0 aliphatic rings. The highest BCUT2D eigenvalue weighted by atomic mass is 79.9. The Morgan fingerprint density at radius 2 is 2.00 bits per heavy atom. The summed E-state index contributed by atoms with van der Waals surface area (Å²) >= 11 is 3.29. The van der Waals surface area contributed by atoms with E-state index in [1.165, 1.54) is 0 Å². The first-order valence-corrected chi connectivity index (χ1v) is 4.93. The number of hydrogen-bond acceptors (Lipinski definition) is 2. The molecule has 0 unspecified atom stereocenters. The molecule has 0 spiro atoms. The molecule has 1 aromatic rings. The van der Waals surface area contributed by atoms with Crippen LogP contribution in [0, 0.1) is 0 Å². The molecule has 0 bridgehead atoms. The molecule has 0 heterocycles. The van der Waals surface area contributed by atoms with Crippen molar-refractivity contribution in [1.82, 2.24) is 5.32 Å². The molecule has 0 aliphatic carbocycles. The van der Waals surface area contributed by atoms with E-state index in [0.29, 0.717) is 5.69 Å². The van der Waals surface area contributed by atoms with Crippen molar-refractivity contribution >= 4 is 27.6 Å². The highest BCUT2D eigenvalue weighted by Crippen LogP contribution is 2.13. The number of anilines is 1. The Labute approximate surface area is 90.4 Å². The number of aliphatic hydroxyl groups excluding tert-OH is 1. The van der Waals surface area contributed by atoms with Crippen LogP contribution in [0.1, 0.15) is 0 Å². The minimum atomic E-state index is -0.318. The van der Waals surface area contributed by atoms with Gasteiger partial charge in [0.25, 0.3) is 0 Å². The van der Waals surface area contributed by atoms with Gasteiger partial charge in [0.1, 0.15) is 0 Å². The molecule has 0 atom stereocenters. The molecular weight excluding hydrogens is 248 g/mol.